The van der Waals surface area contributed by atoms with E-state index in [1.165, 1.54) is 48.0 Å². The van der Waals surface area contributed by atoms with Crippen LogP contribution in [-0.2, 0) is 6.42 Å². The van der Waals surface area contributed by atoms with Crippen LogP contribution in [0.3, 0.4) is 0 Å². The quantitative estimate of drug-likeness (QED) is 0.887. The lowest BCUT2D eigenvalue weighted by Crippen LogP contribution is -2.09. The molecule has 1 heterocycles. The van der Waals surface area contributed by atoms with Crippen LogP contribution in [0.15, 0.2) is 22.7 Å². The summed E-state index contributed by atoms with van der Waals surface area (Å²) < 4.78 is 1.20. The van der Waals surface area contributed by atoms with Crippen molar-refractivity contribution in [2.45, 2.75) is 26.2 Å². The summed E-state index contributed by atoms with van der Waals surface area (Å²) in [4.78, 5) is 0. The van der Waals surface area contributed by atoms with Crippen molar-refractivity contribution in [2.75, 3.05) is 13.1 Å². The molecule has 0 spiro atoms. The van der Waals surface area contributed by atoms with E-state index in [4.69, 9.17) is 0 Å². The van der Waals surface area contributed by atoms with Crippen molar-refractivity contribution in [1.82, 2.24) is 5.32 Å². The first kappa shape index (κ1) is 11.2. The Labute approximate surface area is 100 Å². The molecule has 0 aliphatic carbocycles. The van der Waals surface area contributed by atoms with Gasteiger partial charge in [-0.05, 0) is 68.5 Å². The predicted molar refractivity (Wildman–Crippen MR) is 68.2 cm³/mol. The molecule has 1 N–H and O–H groups in total. The third kappa shape index (κ3) is 3.05. The van der Waals surface area contributed by atoms with Gasteiger partial charge in [-0.2, -0.15) is 0 Å². The Hall–Kier alpha value is -0.340. The minimum Gasteiger partial charge on any atom is -0.316 e. The molecule has 0 amide bonds. The van der Waals surface area contributed by atoms with Gasteiger partial charge < -0.3 is 5.32 Å². The molecule has 0 bridgehead atoms. The fourth-order valence-electron chi connectivity index (χ4n) is 2.23. The van der Waals surface area contributed by atoms with Gasteiger partial charge in [0.1, 0.15) is 0 Å². The molecular weight excluding hydrogens is 250 g/mol. The Morgan fingerprint density at radius 2 is 2.33 bits per heavy atom. The Morgan fingerprint density at radius 3 is 3.07 bits per heavy atom. The summed E-state index contributed by atoms with van der Waals surface area (Å²) in [6.07, 6.45) is 3.90. The molecule has 2 rings (SSSR count). The highest BCUT2D eigenvalue weighted by atomic mass is 79.9. The molecule has 1 aromatic rings. The highest BCUT2D eigenvalue weighted by Crippen LogP contribution is 2.21. The minimum atomic E-state index is 0.892. The molecule has 0 saturated carbocycles. The zero-order valence-electron chi connectivity index (χ0n) is 9.22. The van der Waals surface area contributed by atoms with Crippen molar-refractivity contribution in [3.8, 4) is 0 Å². The number of rotatable bonds is 3. The van der Waals surface area contributed by atoms with Crippen LogP contribution in [0.4, 0.5) is 0 Å². The van der Waals surface area contributed by atoms with Crippen LogP contribution in [0.5, 0.6) is 0 Å². The van der Waals surface area contributed by atoms with Gasteiger partial charge in [0.05, 0.1) is 0 Å². The predicted octanol–water partition coefficient (Wildman–Crippen LogP) is 3.30. The lowest BCUT2D eigenvalue weighted by Gasteiger charge is -2.10. The SMILES string of the molecule is Cc1ccc(Br)cc1CCC1CCNC1. The van der Waals surface area contributed by atoms with E-state index in [-0.39, 0.29) is 0 Å². The Balaban J connectivity index is 1.94. The maximum atomic E-state index is 3.54. The van der Waals surface area contributed by atoms with Crippen molar-refractivity contribution >= 4 is 15.9 Å². The molecule has 1 nitrogen and oxygen atoms in total. The average Bonchev–Trinajstić information content (AvgIpc) is 2.72. The highest BCUT2D eigenvalue weighted by molar-refractivity contribution is 9.10. The van der Waals surface area contributed by atoms with Gasteiger partial charge in [0.15, 0.2) is 0 Å². The third-order valence-electron chi connectivity index (χ3n) is 3.30. The second-order valence-electron chi connectivity index (χ2n) is 4.47. The summed E-state index contributed by atoms with van der Waals surface area (Å²) in [5.41, 5.74) is 2.92. The number of aryl methyl sites for hydroxylation is 2. The van der Waals surface area contributed by atoms with Crippen molar-refractivity contribution < 1.29 is 0 Å². The zero-order valence-corrected chi connectivity index (χ0v) is 10.8. The molecule has 1 aliphatic rings. The van der Waals surface area contributed by atoms with Crippen LogP contribution in [0, 0.1) is 12.8 Å². The lowest BCUT2D eigenvalue weighted by molar-refractivity contribution is 0.532. The molecular formula is C13H18BrN. The summed E-state index contributed by atoms with van der Waals surface area (Å²) in [5, 5.41) is 3.43. The van der Waals surface area contributed by atoms with Crippen LogP contribution in [-0.4, -0.2) is 13.1 Å². The summed E-state index contributed by atoms with van der Waals surface area (Å²) in [6.45, 7) is 4.63. The minimum absolute atomic E-state index is 0.892. The molecule has 1 atom stereocenters. The van der Waals surface area contributed by atoms with E-state index in [1.54, 1.807) is 0 Å². The first-order chi connectivity index (χ1) is 7.25. The van der Waals surface area contributed by atoms with E-state index >= 15 is 0 Å². The molecule has 1 aliphatic heterocycles. The van der Waals surface area contributed by atoms with Crippen molar-refractivity contribution in [2.24, 2.45) is 5.92 Å². The maximum absolute atomic E-state index is 3.54. The van der Waals surface area contributed by atoms with E-state index in [0.717, 1.165) is 5.92 Å². The summed E-state index contributed by atoms with van der Waals surface area (Å²) in [5.74, 6) is 0.892. The summed E-state index contributed by atoms with van der Waals surface area (Å²) in [7, 11) is 0. The first-order valence-corrected chi connectivity index (χ1v) is 6.51. The average molecular weight is 268 g/mol. The smallest absolute Gasteiger partial charge is 0.0178 e. The number of halogens is 1. The number of nitrogens with one attached hydrogen (secondary N) is 1. The van der Waals surface area contributed by atoms with Gasteiger partial charge in [-0.15, -0.1) is 0 Å². The van der Waals surface area contributed by atoms with Gasteiger partial charge in [0.2, 0.25) is 0 Å². The van der Waals surface area contributed by atoms with Crippen molar-refractivity contribution in [1.29, 1.82) is 0 Å². The Bertz CT molecular complexity index is 329. The first-order valence-electron chi connectivity index (χ1n) is 5.71. The largest absolute Gasteiger partial charge is 0.316 e. The molecule has 82 valence electrons. The molecule has 0 aromatic heterocycles. The zero-order chi connectivity index (χ0) is 10.7. The van der Waals surface area contributed by atoms with Gasteiger partial charge in [-0.3, -0.25) is 0 Å². The van der Waals surface area contributed by atoms with Gasteiger partial charge in [-0.1, -0.05) is 22.0 Å². The van der Waals surface area contributed by atoms with Crippen molar-refractivity contribution in [3.05, 3.63) is 33.8 Å². The second kappa shape index (κ2) is 5.13. The fourth-order valence-corrected chi connectivity index (χ4v) is 2.64. The monoisotopic (exact) mass is 267 g/mol. The number of benzene rings is 1. The molecule has 0 radical (unpaired) electrons. The molecule has 1 saturated heterocycles. The van der Waals surface area contributed by atoms with Crippen LogP contribution < -0.4 is 5.32 Å². The number of hydrogen-bond acceptors (Lipinski definition) is 1. The summed E-state index contributed by atoms with van der Waals surface area (Å²) >= 11 is 3.54. The van der Waals surface area contributed by atoms with E-state index < -0.39 is 0 Å². The molecule has 15 heavy (non-hydrogen) atoms. The van der Waals surface area contributed by atoms with E-state index in [2.05, 4.69) is 46.4 Å². The highest BCUT2D eigenvalue weighted by Gasteiger charge is 2.14. The van der Waals surface area contributed by atoms with Crippen LogP contribution in [0.1, 0.15) is 24.0 Å². The normalized spacial score (nSPS) is 20.8. The third-order valence-corrected chi connectivity index (χ3v) is 3.79. The second-order valence-corrected chi connectivity index (χ2v) is 5.38. The molecule has 1 aromatic carbocycles. The lowest BCUT2D eigenvalue weighted by atomic mass is 9.96. The summed E-state index contributed by atoms with van der Waals surface area (Å²) in [6, 6.07) is 6.58. The van der Waals surface area contributed by atoms with Crippen LogP contribution >= 0.6 is 15.9 Å². The molecule has 2 heteroatoms. The van der Waals surface area contributed by atoms with Gasteiger partial charge in [0, 0.05) is 4.47 Å². The molecule has 1 unspecified atom stereocenters. The molecule has 1 fully saturated rings. The topological polar surface area (TPSA) is 12.0 Å². The van der Waals surface area contributed by atoms with E-state index in [1.807, 2.05) is 0 Å². The van der Waals surface area contributed by atoms with Crippen LogP contribution in [0.25, 0.3) is 0 Å². The van der Waals surface area contributed by atoms with E-state index in [0.29, 0.717) is 0 Å². The Morgan fingerprint density at radius 1 is 1.47 bits per heavy atom. The van der Waals surface area contributed by atoms with Crippen LogP contribution in [0.2, 0.25) is 0 Å². The van der Waals surface area contributed by atoms with Gasteiger partial charge in [-0.25, -0.2) is 0 Å². The van der Waals surface area contributed by atoms with Crippen molar-refractivity contribution in [3.63, 3.8) is 0 Å². The fraction of sp³-hybridized carbons (Fsp3) is 0.538. The van der Waals surface area contributed by atoms with Gasteiger partial charge in [0.25, 0.3) is 0 Å². The Kier molecular flexibility index (Phi) is 3.81. The number of hydrogen-bond donors (Lipinski definition) is 1. The van der Waals surface area contributed by atoms with E-state index in [9.17, 15) is 0 Å². The van der Waals surface area contributed by atoms with Gasteiger partial charge >= 0.3 is 0 Å². The standard InChI is InChI=1S/C13H18BrN/c1-10-2-5-13(14)8-12(10)4-3-11-6-7-15-9-11/h2,5,8,11,15H,3-4,6-7,9H2,1H3. The maximum Gasteiger partial charge on any atom is 0.0178 e.